The lowest BCUT2D eigenvalue weighted by molar-refractivity contribution is -0.385. The summed E-state index contributed by atoms with van der Waals surface area (Å²) in [6, 6.07) is 15.3. The Morgan fingerprint density at radius 1 is 0.686 bits per heavy atom. The van der Waals surface area contributed by atoms with E-state index in [4.69, 9.17) is 5.11 Å². The maximum atomic E-state index is 12.9. The minimum absolute atomic E-state index is 0.00867. The number of amides is 2. The molecule has 35 heavy (non-hydrogen) atoms. The SMILES string of the molecule is O=C(Nc1ccc([N+](=O)[O-])cc1)C(=Cc1ccc(C(=O)O)cc1)C(=O)Nc1ccc([N+](=O)[O-])cc1. The molecule has 3 aromatic carbocycles. The fourth-order valence-corrected chi connectivity index (χ4v) is 2.85. The van der Waals surface area contributed by atoms with Crippen molar-refractivity contribution in [2.75, 3.05) is 10.6 Å². The number of nitrogens with one attached hydrogen (secondary N) is 2. The molecule has 0 saturated heterocycles. The lowest BCUT2D eigenvalue weighted by Gasteiger charge is -2.11. The summed E-state index contributed by atoms with van der Waals surface area (Å²) in [4.78, 5) is 57.3. The van der Waals surface area contributed by atoms with Crippen molar-refractivity contribution in [3.8, 4) is 0 Å². The molecule has 2 amide bonds. The molecule has 0 bridgehead atoms. The van der Waals surface area contributed by atoms with E-state index in [2.05, 4.69) is 10.6 Å². The average Bonchev–Trinajstić information content (AvgIpc) is 2.83. The predicted octanol–water partition coefficient (Wildman–Crippen LogP) is 3.86. The number of benzene rings is 3. The van der Waals surface area contributed by atoms with Crippen LogP contribution in [0.3, 0.4) is 0 Å². The number of rotatable bonds is 8. The van der Waals surface area contributed by atoms with Crippen LogP contribution < -0.4 is 10.6 Å². The Morgan fingerprint density at radius 2 is 1.09 bits per heavy atom. The van der Waals surface area contributed by atoms with Crippen LogP contribution in [0, 0.1) is 20.2 Å². The second-order valence-corrected chi connectivity index (χ2v) is 7.00. The summed E-state index contributed by atoms with van der Waals surface area (Å²) < 4.78 is 0. The monoisotopic (exact) mass is 476 g/mol. The van der Waals surface area contributed by atoms with Crippen LogP contribution in [0.15, 0.2) is 78.4 Å². The van der Waals surface area contributed by atoms with Gasteiger partial charge in [0.15, 0.2) is 0 Å². The highest BCUT2D eigenvalue weighted by molar-refractivity contribution is 6.28. The first-order valence-corrected chi connectivity index (χ1v) is 9.80. The minimum Gasteiger partial charge on any atom is -0.478 e. The van der Waals surface area contributed by atoms with Gasteiger partial charge in [-0.25, -0.2) is 4.79 Å². The molecule has 0 aliphatic rings. The third kappa shape index (κ3) is 6.32. The van der Waals surface area contributed by atoms with Crippen molar-refractivity contribution in [3.63, 3.8) is 0 Å². The van der Waals surface area contributed by atoms with Gasteiger partial charge in [-0.3, -0.25) is 29.8 Å². The van der Waals surface area contributed by atoms with Crippen molar-refractivity contribution in [2.24, 2.45) is 0 Å². The molecule has 0 aliphatic heterocycles. The number of carboxylic acid groups (broad SMARTS) is 1. The van der Waals surface area contributed by atoms with Crippen LogP contribution in [0.25, 0.3) is 6.08 Å². The lowest BCUT2D eigenvalue weighted by atomic mass is 10.1. The Hall–Kier alpha value is -5.39. The van der Waals surface area contributed by atoms with E-state index < -0.39 is 27.6 Å². The average molecular weight is 476 g/mol. The molecule has 0 heterocycles. The maximum absolute atomic E-state index is 12.9. The molecular formula is C23H16N4O8. The molecule has 0 unspecified atom stereocenters. The van der Waals surface area contributed by atoms with E-state index in [0.29, 0.717) is 5.56 Å². The van der Waals surface area contributed by atoms with Crippen molar-refractivity contribution in [1.82, 2.24) is 0 Å². The number of carbonyl (C=O) groups excluding carboxylic acids is 2. The first-order chi connectivity index (χ1) is 16.6. The van der Waals surface area contributed by atoms with Gasteiger partial charge in [0.25, 0.3) is 23.2 Å². The van der Waals surface area contributed by atoms with Gasteiger partial charge in [-0.15, -0.1) is 0 Å². The van der Waals surface area contributed by atoms with Crippen molar-refractivity contribution >= 4 is 46.6 Å². The number of non-ortho nitro benzene ring substituents is 2. The van der Waals surface area contributed by atoms with Crippen LogP contribution in [-0.4, -0.2) is 32.7 Å². The van der Waals surface area contributed by atoms with Gasteiger partial charge >= 0.3 is 5.97 Å². The molecule has 0 saturated carbocycles. The van der Waals surface area contributed by atoms with Crippen molar-refractivity contribution in [1.29, 1.82) is 0 Å². The fourth-order valence-electron chi connectivity index (χ4n) is 2.85. The summed E-state index contributed by atoms with van der Waals surface area (Å²) >= 11 is 0. The molecule has 0 fully saturated rings. The predicted molar refractivity (Wildman–Crippen MR) is 125 cm³/mol. The minimum atomic E-state index is -1.15. The molecule has 0 spiro atoms. The highest BCUT2D eigenvalue weighted by Crippen LogP contribution is 2.19. The van der Waals surface area contributed by atoms with E-state index in [1.54, 1.807) is 0 Å². The van der Waals surface area contributed by atoms with Crippen LogP contribution >= 0.6 is 0 Å². The van der Waals surface area contributed by atoms with E-state index in [-0.39, 0.29) is 33.9 Å². The number of carboxylic acids is 1. The topological polar surface area (TPSA) is 182 Å². The maximum Gasteiger partial charge on any atom is 0.335 e. The largest absolute Gasteiger partial charge is 0.478 e. The molecule has 3 aromatic rings. The van der Waals surface area contributed by atoms with E-state index in [9.17, 15) is 34.6 Å². The second-order valence-electron chi connectivity index (χ2n) is 7.00. The second kappa shape index (κ2) is 10.5. The number of carbonyl (C=O) groups is 3. The Bertz CT molecular complexity index is 1260. The molecular weight excluding hydrogens is 460 g/mol. The third-order valence-electron chi connectivity index (χ3n) is 4.63. The van der Waals surface area contributed by atoms with Crippen LogP contribution in [0.2, 0.25) is 0 Å². The van der Waals surface area contributed by atoms with E-state index >= 15 is 0 Å². The summed E-state index contributed by atoms with van der Waals surface area (Å²) in [5.74, 6) is -2.84. The third-order valence-corrected chi connectivity index (χ3v) is 4.63. The van der Waals surface area contributed by atoms with Gasteiger partial charge in [-0.1, -0.05) is 12.1 Å². The van der Waals surface area contributed by atoms with Crippen LogP contribution in [0.4, 0.5) is 22.7 Å². The number of nitro benzene ring substituents is 2. The Kier molecular flexibility index (Phi) is 7.27. The Morgan fingerprint density at radius 3 is 1.43 bits per heavy atom. The highest BCUT2D eigenvalue weighted by atomic mass is 16.6. The van der Waals surface area contributed by atoms with Crippen molar-refractivity contribution in [2.45, 2.75) is 0 Å². The molecule has 0 aromatic heterocycles. The van der Waals surface area contributed by atoms with Gasteiger partial charge in [0.1, 0.15) is 5.57 Å². The summed E-state index contributed by atoms with van der Waals surface area (Å²) in [7, 11) is 0. The zero-order chi connectivity index (χ0) is 25.5. The van der Waals surface area contributed by atoms with E-state index in [0.717, 1.165) is 0 Å². The van der Waals surface area contributed by atoms with Gasteiger partial charge < -0.3 is 15.7 Å². The molecule has 0 atom stereocenters. The number of nitrogens with zero attached hydrogens (tertiary/aromatic N) is 2. The molecule has 12 heteroatoms. The van der Waals surface area contributed by atoms with Crippen molar-refractivity contribution < 1.29 is 29.3 Å². The zero-order valence-electron chi connectivity index (χ0n) is 17.7. The molecule has 12 nitrogen and oxygen atoms in total. The molecule has 3 rings (SSSR count). The summed E-state index contributed by atoms with van der Waals surface area (Å²) in [6.45, 7) is 0. The first-order valence-electron chi connectivity index (χ1n) is 9.80. The van der Waals surface area contributed by atoms with Gasteiger partial charge in [0, 0.05) is 35.6 Å². The number of hydrogen-bond donors (Lipinski definition) is 3. The summed E-state index contributed by atoms with van der Waals surface area (Å²) in [6.07, 6.45) is 1.23. The summed E-state index contributed by atoms with van der Waals surface area (Å²) in [5.41, 5.74) is -0.00466. The van der Waals surface area contributed by atoms with Gasteiger partial charge in [0.2, 0.25) is 0 Å². The molecule has 0 aliphatic carbocycles. The normalized spacial score (nSPS) is 10.1. The Labute approximate surface area is 196 Å². The molecule has 176 valence electrons. The number of anilines is 2. The standard InChI is InChI=1S/C23H16N4O8/c28-21(24-16-5-9-18(10-6-16)26(32)33)20(13-14-1-3-15(4-2-14)23(30)31)22(29)25-17-7-11-19(12-8-17)27(34)35/h1-13H,(H,24,28)(H,25,29)(H,30,31). The fraction of sp³-hybridized carbons (Fsp3) is 0. The van der Waals surface area contributed by atoms with Gasteiger partial charge in [-0.05, 0) is 48.0 Å². The van der Waals surface area contributed by atoms with E-state index in [1.807, 2.05) is 0 Å². The molecule has 3 N–H and O–H groups in total. The van der Waals surface area contributed by atoms with Crippen LogP contribution in [-0.2, 0) is 9.59 Å². The summed E-state index contributed by atoms with van der Waals surface area (Å²) in [5, 5.41) is 35.6. The Balaban J connectivity index is 1.89. The zero-order valence-corrected chi connectivity index (χ0v) is 17.7. The highest BCUT2D eigenvalue weighted by Gasteiger charge is 2.20. The lowest BCUT2D eigenvalue weighted by Crippen LogP contribution is -2.25. The number of hydrogen-bond acceptors (Lipinski definition) is 7. The van der Waals surface area contributed by atoms with Crippen LogP contribution in [0.1, 0.15) is 15.9 Å². The number of aromatic carboxylic acids is 1. The molecule has 0 radical (unpaired) electrons. The van der Waals surface area contributed by atoms with E-state index in [1.165, 1.54) is 78.9 Å². The van der Waals surface area contributed by atoms with Crippen LogP contribution in [0.5, 0.6) is 0 Å². The smallest absolute Gasteiger partial charge is 0.335 e. The van der Waals surface area contributed by atoms with Gasteiger partial charge in [-0.2, -0.15) is 0 Å². The quantitative estimate of drug-likeness (QED) is 0.144. The van der Waals surface area contributed by atoms with Gasteiger partial charge in [0.05, 0.1) is 15.4 Å². The first kappa shape index (κ1) is 24.3. The number of nitro groups is 2. The van der Waals surface area contributed by atoms with Crippen molar-refractivity contribution in [3.05, 3.63) is 110 Å².